The van der Waals surface area contributed by atoms with E-state index in [9.17, 15) is 0 Å². The number of hydrogen-bond acceptors (Lipinski definition) is 5. The molecule has 1 aliphatic rings. The molecule has 0 N–H and O–H groups in total. The van der Waals surface area contributed by atoms with Crippen LogP contribution in [0, 0.1) is 0 Å². The van der Waals surface area contributed by atoms with Crippen LogP contribution < -0.4 is 0 Å². The minimum Gasteiger partial charge on any atom is -0.389 e. The van der Waals surface area contributed by atoms with E-state index in [1.165, 1.54) is 6.33 Å². The van der Waals surface area contributed by atoms with Crippen molar-refractivity contribution in [3.63, 3.8) is 0 Å². The Morgan fingerprint density at radius 3 is 2.80 bits per heavy atom. The van der Waals surface area contributed by atoms with Crippen LogP contribution in [0.3, 0.4) is 0 Å². The molecule has 0 bridgehead atoms. The first-order chi connectivity index (χ1) is 6.99. The fourth-order valence-corrected chi connectivity index (χ4v) is 1.90. The van der Waals surface area contributed by atoms with E-state index in [2.05, 4.69) is 27.9 Å². The minimum absolute atomic E-state index is 0.140. The van der Waals surface area contributed by atoms with E-state index in [4.69, 9.17) is 4.84 Å². The van der Waals surface area contributed by atoms with Gasteiger partial charge in [0, 0.05) is 13.5 Å². The van der Waals surface area contributed by atoms with Gasteiger partial charge in [-0.05, 0) is 13.8 Å². The first-order valence-corrected chi connectivity index (χ1v) is 5.28. The van der Waals surface area contributed by atoms with Crippen molar-refractivity contribution in [1.29, 1.82) is 0 Å². The lowest BCUT2D eigenvalue weighted by Crippen LogP contribution is -2.21. The molecule has 2 heterocycles. The Morgan fingerprint density at radius 1 is 1.60 bits per heavy atom. The Balaban J connectivity index is 2.17. The first-order valence-electron chi connectivity index (χ1n) is 4.76. The lowest BCUT2D eigenvalue weighted by atomic mass is 10.0. The molecule has 1 aromatic heterocycles. The van der Waals surface area contributed by atoms with Gasteiger partial charge < -0.3 is 4.84 Å². The summed E-state index contributed by atoms with van der Waals surface area (Å²) in [6, 6.07) is 0. The van der Waals surface area contributed by atoms with Gasteiger partial charge in [-0.1, -0.05) is 5.16 Å². The summed E-state index contributed by atoms with van der Waals surface area (Å²) in [5.74, 6) is 0.790. The van der Waals surface area contributed by atoms with E-state index in [1.807, 2.05) is 20.9 Å². The molecule has 0 saturated heterocycles. The summed E-state index contributed by atoms with van der Waals surface area (Å²) >= 11 is 4.49. The highest BCUT2D eigenvalue weighted by molar-refractivity contribution is 7.81. The van der Waals surface area contributed by atoms with Gasteiger partial charge in [-0.15, -0.1) is 0 Å². The molecule has 1 atom stereocenters. The van der Waals surface area contributed by atoms with Crippen LogP contribution >= 0.6 is 12.6 Å². The topological polar surface area (TPSA) is 52.3 Å². The van der Waals surface area contributed by atoms with Gasteiger partial charge in [0.05, 0.1) is 5.71 Å². The molecule has 0 spiro atoms. The maximum atomic E-state index is 5.29. The zero-order valence-electron chi connectivity index (χ0n) is 9.01. The average molecular weight is 226 g/mol. The highest BCUT2D eigenvalue weighted by Crippen LogP contribution is 2.31. The van der Waals surface area contributed by atoms with Crippen LogP contribution in [0.4, 0.5) is 0 Å². The Bertz CT molecular complexity index is 399. The smallest absolute Gasteiger partial charge is 0.145 e. The molecule has 2 rings (SSSR count). The molecule has 5 nitrogen and oxygen atoms in total. The second-order valence-electron chi connectivity index (χ2n) is 4.25. The maximum absolute atomic E-state index is 5.29. The Labute approximate surface area is 93.9 Å². The normalized spacial score (nSPS) is 20.9. The van der Waals surface area contributed by atoms with Gasteiger partial charge in [-0.2, -0.15) is 17.7 Å². The largest absolute Gasteiger partial charge is 0.389 e. The van der Waals surface area contributed by atoms with Gasteiger partial charge in [0.2, 0.25) is 0 Å². The second-order valence-corrected chi connectivity index (χ2v) is 4.77. The van der Waals surface area contributed by atoms with Crippen molar-refractivity contribution in [2.75, 3.05) is 0 Å². The maximum Gasteiger partial charge on any atom is 0.145 e. The van der Waals surface area contributed by atoms with E-state index in [-0.39, 0.29) is 10.9 Å². The first kappa shape index (κ1) is 10.5. The monoisotopic (exact) mass is 226 g/mol. The fourth-order valence-electron chi connectivity index (χ4n) is 1.53. The standard InChI is InChI=1S/C9H14N4OS/c1-9(2)4-6(12-14-9)7(15)8-10-5-11-13(8)3/h5,7,15H,4H2,1-3H3. The predicted molar refractivity (Wildman–Crippen MR) is 59.9 cm³/mol. The van der Waals surface area contributed by atoms with Gasteiger partial charge >= 0.3 is 0 Å². The van der Waals surface area contributed by atoms with Gasteiger partial charge in [0.15, 0.2) is 0 Å². The van der Waals surface area contributed by atoms with Crippen molar-refractivity contribution in [3.8, 4) is 0 Å². The van der Waals surface area contributed by atoms with Crippen LogP contribution in [0.15, 0.2) is 11.5 Å². The van der Waals surface area contributed by atoms with Crippen LogP contribution in [0.25, 0.3) is 0 Å². The van der Waals surface area contributed by atoms with Crippen LogP contribution in [0.5, 0.6) is 0 Å². The summed E-state index contributed by atoms with van der Waals surface area (Å²) in [6.45, 7) is 4.00. The molecule has 0 fully saturated rings. The number of aromatic nitrogens is 3. The van der Waals surface area contributed by atoms with Crippen molar-refractivity contribution >= 4 is 18.3 Å². The molecule has 0 radical (unpaired) electrons. The average Bonchev–Trinajstić information content (AvgIpc) is 2.71. The van der Waals surface area contributed by atoms with E-state index in [0.717, 1.165) is 18.0 Å². The van der Waals surface area contributed by atoms with Crippen LogP contribution in [-0.4, -0.2) is 26.1 Å². The van der Waals surface area contributed by atoms with E-state index < -0.39 is 0 Å². The third-order valence-electron chi connectivity index (χ3n) is 2.32. The molecule has 6 heteroatoms. The quantitative estimate of drug-likeness (QED) is 0.774. The molecular weight excluding hydrogens is 212 g/mol. The number of nitrogens with zero attached hydrogens (tertiary/aromatic N) is 4. The molecular formula is C9H14N4OS. The highest BCUT2D eigenvalue weighted by Gasteiger charge is 2.33. The number of oxime groups is 1. The molecule has 0 aromatic carbocycles. The summed E-state index contributed by atoms with van der Waals surface area (Å²) in [4.78, 5) is 9.44. The molecule has 0 saturated carbocycles. The van der Waals surface area contributed by atoms with Crippen molar-refractivity contribution in [3.05, 3.63) is 12.2 Å². The molecule has 15 heavy (non-hydrogen) atoms. The molecule has 1 unspecified atom stereocenters. The van der Waals surface area contributed by atoms with Gasteiger partial charge in [-0.25, -0.2) is 4.98 Å². The van der Waals surface area contributed by atoms with Crippen molar-refractivity contribution in [1.82, 2.24) is 14.8 Å². The Hall–Kier alpha value is -1.04. The molecule has 82 valence electrons. The van der Waals surface area contributed by atoms with Crippen molar-refractivity contribution in [2.45, 2.75) is 31.1 Å². The Kier molecular flexibility index (Phi) is 2.46. The zero-order chi connectivity index (χ0) is 11.1. The van der Waals surface area contributed by atoms with E-state index in [1.54, 1.807) is 4.68 Å². The van der Waals surface area contributed by atoms with E-state index >= 15 is 0 Å². The van der Waals surface area contributed by atoms with Gasteiger partial charge in [0.25, 0.3) is 0 Å². The summed E-state index contributed by atoms with van der Waals surface area (Å²) in [5.41, 5.74) is 0.675. The van der Waals surface area contributed by atoms with Crippen LogP contribution in [-0.2, 0) is 11.9 Å². The van der Waals surface area contributed by atoms with Crippen molar-refractivity contribution < 1.29 is 4.84 Å². The lowest BCUT2D eigenvalue weighted by molar-refractivity contribution is 0.0123. The minimum atomic E-state index is -0.227. The predicted octanol–water partition coefficient (Wildman–Crippen LogP) is 1.34. The number of aryl methyl sites for hydroxylation is 1. The number of hydrogen-bond donors (Lipinski definition) is 1. The highest BCUT2D eigenvalue weighted by atomic mass is 32.1. The molecule has 1 aliphatic heterocycles. The zero-order valence-corrected chi connectivity index (χ0v) is 9.90. The summed E-state index contributed by atoms with van der Waals surface area (Å²) < 4.78 is 1.70. The van der Waals surface area contributed by atoms with Crippen molar-refractivity contribution in [2.24, 2.45) is 12.2 Å². The fraction of sp³-hybridized carbons (Fsp3) is 0.667. The third-order valence-corrected chi connectivity index (χ3v) is 2.85. The summed E-state index contributed by atoms with van der Waals surface area (Å²) in [6.07, 6.45) is 2.29. The number of thiol groups is 1. The van der Waals surface area contributed by atoms with Crippen LogP contribution in [0.1, 0.15) is 31.3 Å². The Morgan fingerprint density at radius 2 is 2.33 bits per heavy atom. The van der Waals surface area contributed by atoms with Gasteiger partial charge in [-0.3, -0.25) is 4.68 Å². The SMILES string of the molecule is Cn1ncnc1C(S)C1=NOC(C)(C)C1. The summed E-state index contributed by atoms with van der Waals surface area (Å²) in [5, 5.41) is 7.91. The van der Waals surface area contributed by atoms with Crippen LogP contribution in [0.2, 0.25) is 0 Å². The molecule has 0 aliphatic carbocycles. The summed E-state index contributed by atoms with van der Waals surface area (Å²) in [7, 11) is 1.84. The van der Waals surface area contributed by atoms with Gasteiger partial charge in [0.1, 0.15) is 23.0 Å². The third kappa shape index (κ3) is 1.99. The molecule has 1 aromatic rings. The molecule has 0 amide bonds. The lowest BCUT2D eigenvalue weighted by Gasteiger charge is -2.14. The van der Waals surface area contributed by atoms with E-state index in [0.29, 0.717) is 0 Å². The number of rotatable bonds is 2. The second kappa shape index (κ2) is 3.52.